The highest BCUT2D eigenvalue weighted by Crippen LogP contribution is 2.30. The molecular weight excluding hydrogens is 348 g/mol. The zero-order chi connectivity index (χ0) is 19.6. The molecule has 0 aliphatic carbocycles. The predicted molar refractivity (Wildman–Crippen MR) is 99.1 cm³/mol. The molecule has 144 valence electrons. The Balaban J connectivity index is 1.59. The van der Waals surface area contributed by atoms with Gasteiger partial charge in [-0.05, 0) is 38.2 Å². The largest absolute Gasteiger partial charge is 0.388 e. The van der Waals surface area contributed by atoms with Crippen LogP contribution in [0.3, 0.4) is 0 Å². The number of aromatic nitrogens is 2. The molecule has 1 aromatic heterocycles. The van der Waals surface area contributed by atoms with E-state index in [1.165, 1.54) is 4.68 Å². The number of aliphatic hydroxyl groups excluding tert-OH is 1. The third-order valence-electron chi connectivity index (χ3n) is 5.29. The van der Waals surface area contributed by atoms with Gasteiger partial charge in [0, 0.05) is 13.1 Å². The molecule has 1 aliphatic rings. The Labute approximate surface area is 157 Å². The number of amides is 1. The highest BCUT2D eigenvalue weighted by Gasteiger charge is 2.29. The fourth-order valence-corrected chi connectivity index (χ4v) is 3.72. The molecule has 1 fully saturated rings. The number of aliphatic hydroxyl groups is 1. The zero-order valence-corrected chi connectivity index (χ0v) is 15.5. The molecule has 27 heavy (non-hydrogen) atoms. The van der Waals surface area contributed by atoms with E-state index < -0.39 is 11.0 Å². The fourth-order valence-electron chi connectivity index (χ4n) is 3.72. The molecular formula is C19H24N4O4. The average molecular weight is 372 g/mol. The van der Waals surface area contributed by atoms with Crippen molar-refractivity contribution in [1.82, 2.24) is 14.7 Å². The van der Waals surface area contributed by atoms with Crippen molar-refractivity contribution in [2.45, 2.75) is 39.3 Å². The summed E-state index contributed by atoms with van der Waals surface area (Å²) in [6.45, 7) is 4.30. The van der Waals surface area contributed by atoms with Crippen molar-refractivity contribution in [3.05, 3.63) is 57.4 Å². The summed E-state index contributed by atoms with van der Waals surface area (Å²) in [6.07, 6.45) is 0.917. The quantitative estimate of drug-likeness (QED) is 0.641. The number of carbonyl (C=O) groups is 1. The topological polar surface area (TPSA) is 102 Å². The van der Waals surface area contributed by atoms with E-state index in [1.807, 2.05) is 30.3 Å². The van der Waals surface area contributed by atoms with Gasteiger partial charge in [-0.15, -0.1) is 0 Å². The Morgan fingerprint density at radius 2 is 1.93 bits per heavy atom. The lowest BCUT2D eigenvalue weighted by atomic mass is 9.87. The van der Waals surface area contributed by atoms with Gasteiger partial charge in [0.25, 0.3) is 0 Å². The molecule has 1 aliphatic heterocycles. The SMILES string of the molecule is Cc1nn(CC(=O)N2CCC(C(O)c3ccccc3)CC2)c(C)c1[N+](=O)[O-]. The number of nitro groups is 1. The molecule has 0 saturated carbocycles. The minimum absolute atomic E-state index is 0.00752. The van der Waals surface area contributed by atoms with Crippen molar-refractivity contribution < 1.29 is 14.8 Å². The molecule has 2 aromatic rings. The van der Waals surface area contributed by atoms with E-state index in [2.05, 4.69) is 5.10 Å². The van der Waals surface area contributed by atoms with Gasteiger partial charge in [-0.2, -0.15) is 5.10 Å². The van der Waals surface area contributed by atoms with Crippen LogP contribution in [0.4, 0.5) is 5.69 Å². The van der Waals surface area contributed by atoms with E-state index in [9.17, 15) is 20.0 Å². The molecule has 8 nitrogen and oxygen atoms in total. The van der Waals surface area contributed by atoms with Gasteiger partial charge in [-0.25, -0.2) is 0 Å². The van der Waals surface area contributed by atoms with Gasteiger partial charge in [0.2, 0.25) is 5.91 Å². The van der Waals surface area contributed by atoms with Gasteiger partial charge >= 0.3 is 5.69 Å². The highest BCUT2D eigenvalue weighted by molar-refractivity contribution is 5.76. The average Bonchev–Trinajstić information content (AvgIpc) is 2.95. The lowest BCUT2D eigenvalue weighted by Gasteiger charge is -2.34. The lowest BCUT2D eigenvalue weighted by molar-refractivity contribution is -0.386. The summed E-state index contributed by atoms with van der Waals surface area (Å²) < 4.78 is 1.40. The number of hydrogen-bond donors (Lipinski definition) is 1. The number of hydrogen-bond acceptors (Lipinski definition) is 5. The number of rotatable bonds is 5. The van der Waals surface area contributed by atoms with Crippen molar-refractivity contribution in [2.24, 2.45) is 5.92 Å². The van der Waals surface area contributed by atoms with Crippen LogP contribution in [-0.2, 0) is 11.3 Å². The number of aryl methyl sites for hydroxylation is 1. The van der Waals surface area contributed by atoms with Crippen molar-refractivity contribution in [3.63, 3.8) is 0 Å². The summed E-state index contributed by atoms with van der Waals surface area (Å²) in [6, 6.07) is 9.56. The van der Waals surface area contributed by atoms with Crippen LogP contribution >= 0.6 is 0 Å². The van der Waals surface area contributed by atoms with Crippen LogP contribution in [0.2, 0.25) is 0 Å². The van der Waals surface area contributed by atoms with Gasteiger partial charge in [0.05, 0.1) is 11.0 Å². The summed E-state index contributed by atoms with van der Waals surface area (Å²) in [7, 11) is 0. The van der Waals surface area contributed by atoms with Crippen LogP contribution in [0, 0.1) is 29.9 Å². The molecule has 1 atom stereocenters. The number of likely N-dealkylation sites (tertiary alicyclic amines) is 1. The summed E-state index contributed by atoms with van der Waals surface area (Å²) in [5.41, 5.74) is 1.57. The molecule has 0 radical (unpaired) electrons. The second-order valence-electron chi connectivity index (χ2n) is 7.01. The van der Waals surface area contributed by atoms with Gasteiger partial charge < -0.3 is 10.0 Å². The summed E-state index contributed by atoms with van der Waals surface area (Å²) in [5.74, 6) is 0.00868. The predicted octanol–water partition coefficient (Wildman–Crippen LogP) is 2.38. The molecule has 1 saturated heterocycles. The lowest BCUT2D eigenvalue weighted by Crippen LogP contribution is -2.41. The maximum absolute atomic E-state index is 12.6. The first-order chi connectivity index (χ1) is 12.9. The van der Waals surface area contributed by atoms with Crippen molar-refractivity contribution in [3.8, 4) is 0 Å². The fraction of sp³-hybridized carbons (Fsp3) is 0.474. The van der Waals surface area contributed by atoms with E-state index in [0.717, 1.165) is 18.4 Å². The zero-order valence-electron chi connectivity index (χ0n) is 15.5. The second-order valence-corrected chi connectivity index (χ2v) is 7.01. The molecule has 1 unspecified atom stereocenters. The van der Waals surface area contributed by atoms with Crippen LogP contribution < -0.4 is 0 Å². The molecule has 1 N–H and O–H groups in total. The Morgan fingerprint density at radius 1 is 1.30 bits per heavy atom. The normalized spacial score (nSPS) is 16.3. The van der Waals surface area contributed by atoms with Crippen molar-refractivity contribution >= 4 is 11.6 Å². The Morgan fingerprint density at radius 3 is 2.48 bits per heavy atom. The third kappa shape index (κ3) is 4.00. The van der Waals surface area contributed by atoms with E-state index >= 15 is 0 Å². The Bertz CT molecular complexity index is 826. The number of nitrogens with zero attached hydrogens (tertiary/aromatic N) is 4. The van der Waals surface area contributed by atoms with Crippen LogP contribution in [0.15, 0.2) is 30.3 Å². The number of carbonyl (C=O) groups excluding carboxylic acids is 1. The first-order valence-electron chi connectivity index (χ1n) is 9.07. The highest BCUT2D eigenvalue weighted by atomic mass is 16.6. The van der Waals surface area contributed by atoms with Gasteiger partial charge in [-0.1, -0.05) is 30.3 Å². The van der Waals surface area contributed by atoms with E-state index in [4.69, 9.17) is 0 Å². The number of benzene rings is 1. The first kappa shape index (κ1) is 19.0. The molecule has 3 rings (SSSR count). The standard InChI is InChI=1S/C19H24N4O4/c1-13-18(23(26)27)14(2)22(20-13)12-17(24)21-10-8-16(9-11-21)19(25)15-6-4-3-5-7-15/h3-7,16,19,25H,8-12H2,1-2H3. The summed E-state index contributed by atoms with van der Waals surface area (Å²) in [5, 5.41) is 25.8. The van der Waals surface area contributed by atoms with E-state index in [0.29, 0.717) is 24.5 Å². The molecule has 1 amide bonds. The monoisotopic (exact) mass is 372 g/mol. The van der Waals surface area contributed by atoms with Crippen LogP contribution in [0.1, 0.15) is 35.9 Å². The van der Waals surface area contributed by atoms with Gasteiger partial charge in [-0.3, -0.25) is 19.6 Å². The third-order valence-corrected chi connectivity index (χ3v) is 5.29. The molecule has 1 aromatic carbocycles. The molecule has 8 heteroatoms. The van der Waals surface area contributed by atoms with E-state index in [1.54, 1.807) is 18.7 Å². The molecule has 0 spiro atoms. The van der Waals surface area contributed by atoms with Crippen molar-refractivity contribution in [1.29, 1.82) is 0 Å². The summed E-state index contributed by atoms with van der Waals surface area (Å²) >= 11 is 0. The Kier molecular flexibility index (Phi) is 5.55. The Hall–Kier alpha value is -2.74. The van der Waals surface area contributed by atoms with Crippen LogP contribution in [0.25, 0.3) is 0 Å². The number of piperidine rings is 1. The minimum atomic E-state index is -0.526. The van der Waals surface area contributed by atoms with Crippen LogP contribution in [0.5, 0.6) is 0 Å². The molecule has 2 heterocycles. The first-order valence-corrected chi connectivity index (χ1v) is 9.07. The smallest absolute Gasteiger partial charge is 0.312 e. The van der Waals surface area contributed by atoms with Gasteiger partial charge in [0.15, 0.2) is 0 Å². The minimum Gasteiger partial charge on any atom is -0.388 e. The summed E-state index contributed by atoms with van der Waals surface area (Å²) in [4.78, 5) is 25.0. The molecule has 0 bridgehead atoms. The van der Waals surface area contributed by atoms with Crippen LogP contribution in [-0.4, -0.2) is 43.7 Å². The maximum Gasteiger partial charge on any atom is 0.312 e. The van der Waals surface area contributed by atoms with Gasteiger partial charge in [0.1, 0.15) is 17.9 Å². The second kappa shape index (κ2) is 7.87. The van der Waals surface area contributed by atoms with Crippen molar-refractivity contribution in [2.75, 3.05) is 13.1 Å². The van der Waals surface area contributed by atoms with E-state index in [-0.39, 0.29) is 24.1 Å². The maximum atomic E-state index is 12.6.